The van der Waals surface area contributed by atoms with Gasteiger partial charge in [-0.15, -0.1) is 0 Å². The molecule has 2 heterocycles. The molecule has 0 saturated carbocycles. The molecule has 2 aromatic rings. The fraction of sp³-hybridized carbons (Fsp3) is 0.333. The van der Waals surface area contributed by atoms with E-state index in [9.17, 15) is 18.4 Å². The number of benzene rings is 1. The number of nitrogens with one attached hydrogen (secondary N) is 1. The van der Waals surface area contributed by atoms with Crippen molar-refractivity contribution in [2.24, 2.45) is 0 Å². The molecule has 1 aromatic heterocycles. The van der Waals surface area contributed by atoms with E-state index < -0.39 is 11.6 Å². The van der Waals surface area contributed by atoms with Crippen molar-refractivity contribution in [2.45, 2.75) is 6.92 Å². The van der Waals surface area contributed by atoms with Crippen LogP contribution in [0.5, 0.6) is 0 Å². The molecule has 0 aliphatic carbocycles. The van der Waals surface area contributed by atoms with E-state index in [1.165, 1.54) is 18.5 Å². The van der Waals surface area contributed by atoms with E-state index in [1.54, 1.807) is 16.7 Å². The number of ether oxygens (including phenoxy) is 1. The summed E-state index contributed by atoms with van der Waals surface area (Å²) < 4.78 is 31.6. The maximum Gasteiger partial charge on any atom is 0.409 e. The van der Waals surface area contributed by atoms with Gasteiger partial charge in [-0.3, -0.25) is 4.79 Å². The van der Waals surface area contributed by atoms with Crippen LogP contribution in [0.3, 0.4) is 0 Å². The molecule has 0 spiro atoms. The molecule has 0 bridgehead atoms. The number of rotatable bonds is 4. The van der Waals surface area contributed by atoms with Crippen LogP contribution < -0.4 is 5.32 Å². The molecule has 0 radical (unpaired) electrons. The molecular weight excluding hydrogens is 372 g/mol. The van der Waals surface area contributed by atoms with E-state index >= 15 is 0 Å². The Morgan fingerprint density at radius 3 is 2.36 bits per heavy atom. The van der Waals surface area contributed by atoms with Gasteiger partial charge in [0.05, 0.1) is 17.9 Å². The number of carbonyl (C=O) groups is 2. The lowest BCUT2D eigenvalue weighted by atomic mass is 10.2. The Labute approximate surface area is 160 Å². The van der Waals surface area contributed by atoms with E-state index in [2.05, 4.69) is 15.3 Å². The number of carbonyl (C=O) groups excluding carboxylic acids is 2. The second-order valence-electron chi connectivity index (χ2n) is 6.02. The average molecular weight is 391 g/mol. The lowest BCUT2D eigenvalue weighted by Crippen LogP contribution is -2.50. The third-order valence-electron chi connectivity index (χ3n) is 4.17. The predicted molar refractivity (Wildman–Crippen MR) is 96.2 cm³/mol. The van der Waals surface area contributed by atoms with Crippen molar-refractivity contribution in [3.8, 4) is 0 Å². The van der Waals surface area contributed by atoms with Gasteiger partial charge in [0.15, 0.2) is 0 Å². The highest BCUT2D eigenvalue weighted by molar-refractivity contribution is 5.93. The minimum absolute atomic E-state index is 0.0237. The van der Waals surface area contributed by atoms with E-state index in [-0.39, 0.29) is 29.2 Å². The monoisotopic (exact) mass is 391 g/mol. The third kappa shape index (κ3) is 4.51. The predicted octanol–water partition coefficient (Wildman–Crippen LogP) is 2.41. The van der Waals surface area contributed by atoms with Crippen LogP contribution in [0, 0.1) is 11.6 Å². The maximum atomic E-state index is 13.7. The molecule has 1 saturated heterocycles. The molecule has 1 aliphatic heterocycles. The van der Waals surface area contributed by atoms with Gasteiger partial charge in [0, 0.05) is 44.6 Å². The lowest BCUT2D eigenvalue weighted by Gasteiger charge is -2.33. The topological polar surface area (TPSA) is 87.7 Å². The first kappa shape index (κ1) is 19.5. The molecule has 10 heteroatoms. The standard InChI is InChI=1S/C18H19F2N5O3/c1-2-28-18(27)25-7-5-24(6-8-25)16(26)12-10-21-17(22-11-12)23-15-4-3-13(19)9-14(15)20/h3-4,9-11H,2,5-8H2,1H3,(H,21,22,23). The second kappa shape index (κ2) is 8.59. The van der Waals surface area contributed by atoms with E-state index in [0.717, 1.165) is 12.1 Å². The molecule has 1 aliphatic rings. The molecular formula is C18H19F2N5O3. The fourth-order valence-electron chi connectivity index (χ4n) is 2.70. The Kier molecular flexibility index (Phi) is 5.97. The highest BCUT2D eigenvalue weighted by Crippen LogP contribution is 2.18. The molecule has 148 valence electrons. The summed E-state index contributed by atoms with van der Waals surface area (Å²) in [6.07, 6.45) is 2.27. The molecule has 3 rings (SSSR count). The van der Waals surface area contributed by atoms with Crippen molar-refractivity contribution >= 4 is 23.6 Å². The summed E-state index contributed by atoms with van der Waals surface area (Å²) in [5.74, 6) is -1.64. The Morgan fingerprint density at radius 2 is 1.75 bits per heavy atom. The van der Waals surface area contributed by atoms with Crippen LogP contribution in [-0.2, 0) is 4.74 Å². The average Bonchev–Trinajstić information content (AvgIpc) is 2.70. The van der Waals surface area contributed by atoms with Crippen LogP contribution in [0.2, 0.25) is 0 Å². The smallest absolute Gasteiger partial charge is 0.409 e. The quantitative estimate of drug-likeness (QED) is 0.861. The summed E-state index contributed by atoms with van der Waals surface area (Å²) in [4.78, 5) is 35.4. The normalized spacial score (nSPS) is 14.0. The number of halogens is 2. The first-order valence-corrected chi connectivity index (χ1v) is 8.73. The van der Waals surface area contributed by atoms with E-state index in [0.29, 0.717) is 32.8 Å². The summed E-state index contributed by atoms with van der Waals surface area (Å²) in [5.41, 5.74) is 0.297. The summed E-state index contributed by atoms with van der Waals surface area (Å²) in [6, 6.07) is 3.09. The van der Waals surface area contributed by atoms with Gasteiger partial charge >= 0.3 is 6.09 Å². The van der Waals surface area contributed by atoms with Crippen LogP contribution >= 0.6 is 0 Å². The van der Waals surface area contributed by atoms with Gasteiger partial charge in [-0.2, -0.15) is 0 Å². The number of aromatic nitrogens is 2. The molecule has 2 amide bonds. The number of hydrogen-bond donors (Lipinski definition) is 1. The van der Waals surface area contributed by atoms with Crippen molar-refractivity contribution < 1.29 is 23.1 Å². The Balaban J connectivity index is 1.59. The second-order valence-corrected chi connectivity index (χ2v) is 6.02. The molecule has 8 nitrogen and oxygen atoms in total. The third-order valence-corrected chi connectivity index (χ3v) is 4.17. The van der Waals surface area contributed by atoms with Crippen LogP contribution in [0.4, 0.5) is 25.2 Å². The van der Waals surface area contributed by atoms with Gasteiger partial charge in [-0.05, 0) is 19.1 Å². The first-order valence-electron chi connectivity index (χ1n) is 8.73. The molecule has 1 N–H and O–H groups in total. The molecule has 0 unspecified atom stereocenters. The molecule has 28 heavy (non-hydrogen) atoms. The summed E-state index contributed by atoms with van der Waals surface area (Å²) in [5, 5.41) is 2.63. The summed E-state index contributed by atoms with van der Waals surface area (Å²) in [6.45, 7) is 3.55. The summed E-state index contributed by atoms with van der Waals surface area (Å²) >= 11 is 0. The zero-order valence-electron chi connectivity index (χ0n) is 15.2. The minimum atomic E-state index is -0.775. The zero-order chi connectivity index (χ0) is 20.1. The number of hydrogen-bond acceptors (Lipinski definition) is 6. The molecule has 1 aromatic carbocycles. The van der Waals surface area contributed by atoms with E-state index in [4.69, 9.17) is 4.74 Å². The highest BCUT2D eigenvalue weighted by atomic mass is 19.1. The number of anilines is 2. The van der Waals surface area contributed by atoms with Crippen LogP contribution in [-0.4, -0.2) is 64.6 Å². The Morgan fingerprint density at radius 1 is 1.11 bits per heavy atom. The van der Waals surface area contributed by atoms with Crippen LogP contribution in [0.15, 0.2) is 30.6 Å². The van der Waals surface area contributed by atoms with Crippen LogP contribution in [0.25, 0.3) is 0 Å². The summed E-state index contributed by atoms with van der Waals surface area (Å²) in [7, 11) is 0. The minimum Gasteiger partial charge on any atom is -0.450 e. The van der Waals surface area contributed by atoms with Crippen molar-refractivity contribution in [2.75, 3.05) is 38.1 Å². The SMILES string of the molecule is CCOC(=O)N1CCN(C(=O)c2cnc(Nc3ccc(F)cc3F)nc2)CC1. The molecule has 1 fully saturated rings. The largest absolute Gasteiger partial charge is 0.450 e. The van der Waals surface area contributed by atoms with Crippen molar-refractivity contribution in [1.29, 1.82) is 0 Å². The van der Waals surface area contributed by atoms with Crippen molar-refractivity contribution in [1.82, 2.24) is 19.8 Å². The van der Waals surface area contributed by atoms with Crippen molar-refractivity contribution in [3.63, 3.8) is 0 Å². The van der Waals surface area contributed by atoms with Gasteiger partial charge < -0.3 is 19.9 Å². The molecule has 0 atom stereocenters. The van der Waals surface area contributed by atoms with Gasteiger partial charge in [0.2, 0.25) is 5.95 Å². The Bertz CT molecular complexity index is 855. The number of nitrogens with zero attached hydrogens (tertiary/aromatic N) is 4. The highest BCUT2D eigenvalue weighted by Gasteiger charge is 2.25. The van der Waals surface area contributed by atoms with Gasteiger partial charge in [0.25, 0.3) is 5.91 Å². The van der Waals surface area contributed by atoms with E-state index in [1.807, 2.05) is 0 Å². The Hall–Kier alpha value is -3.30. The zero-order valence-corrected chi connectivity index (χ0v) is 15.2. The number of piperazine rings is 1. The van der Waals surface area contributed by atoms with Gasteiger partial charge in [-0.25, -0.2) is 23.5 Å². The first-order chi connectivity index (χ1) is 13.5. The number of amides is 2. The fourth-order valence-corrected chi connectivity index (χ4v) is 2.70. The van der Waals surface area contributed by atoms with Crippen molar-refractivity contribution in [3.05, 3.63) is 47.8 Å². The maximum absolute atomic E-state index is 13.7. The lowest BCUT2D eigenvalue weighted by molar-refractivity contribution is 0.0570. The van der Waals surface area contributed by atoms with Crippen LogP contribution in [0.1, 0.15) is 17.3 Å². The van der Waals surface area contributed by atoms with Gasteiger partial charge in [0.1, 0.15) is 11.6 Å². The van der Waals surface area contributed by atoms with Gasteiger partial charge in [-0.1, -0.05) is 0 Å².